The van der Waals surface area contributed by atoms with Crippen molar-refractivity contribution >= 4 is 27.5 Å². The second-order valence-corrected chi connectivity index (χ2v) is 6.55. The van der Waals surface area contributed by atoms with Crippen LogP contribution in [0.2, 0.25) is 0 Å². The molecule has 1 aromatic carbocycles. The fourth-order valence-corrected chi connectivity index (χ4v) is 3.05. The van der Waals surface area contributed by atoms with E-state index in [0.29, 0.717) is 5.92 Å². The highest BCUT2D eigenvalue weighted by Gasteiger charge is 2.14. The number of aryl methyl sites for hydroxylation is 1. The van der Waals surface area contributed by atoms with Gasteiger partial charge in [0.2, 0.25) is 0 Å². The molecule has 0 radical (unpaired) electrons. The van der Waals surface area contributed by atoms with Gasteiger partial charge in [0.1, 0.15) is 5.58 Å². The van der Waals surface area contributed by atoms with Crippen molar-refractivity contribution in [2.75, 3.05) is 7.05 Å². The Kier molecular flexibility index (Phi) is 4.75. The summed E-state index contributed by atoms with van der Waals surface area (Å²) in [7, 11) is 1.92. The van der Waals surface area contributed by atoms with E-state index in [1.54, 1.807) is 12.4 Å². The van der Waals surface area contributed by atoms with Crippen LogP contribution in [0.3, 0.4) is 0 Å². The summed E-state index contributed by atoms with van der Waals surface area (Å²) in [5.41, 5.74) is 6.05. The number of rotatable bonds is 5. The third-order valence-corrected chi connectivity index (χ3v) is 4.43. The van der Waals surface area contributed by atoms with Crippen LogP contribution in [-0.2, 0) is 0 Å². The Labute approximate surface area is 148 Å². The topological polar surface area (TPSA) is 38.1 Å². The van der Waals surface area contributed by atoms with Gasteiger partial charge in [-0.25, -0.2) is 0 Å². The van der Waals surface area contributed by atoms with E-state index in [-0.39, 0.29) is 0 Å². The highest BCUT2D eigenvalue weighted by atomic mass is 16.3. The molecule has 0 aliphatic heterocycles. The Morgan fingerprint density at radius 3 is 2.72 bits per heavy atom. The molecule has 0 saturated heterocycles. The minimum atomic E-state index is 0.436. The van der Waals surface area contributed by atoms with Crippen LogP contribution in [0.5, 0.6) is 0 Å². The van der Waals surface area contributed by atoms with Crippen molar-refractivity contribution in [1.82, 2.24) is 10.3 Å². The monoisotopic (exact) mass is 332 g/mol. The molecule has 0 unspecified atom stereocenters. The zero-order valence-corrected chi connectivity index (χ0v) is 15.3. The molecule has 0 saturated carbocycles. The molecule has 3 heteroatoms. The Bertz CT molecular complexity index is 990. The number of benzene rings is 1. The van der Waals surface area contributed by atoms with Gasteiger partial charge in [0.15, 0.2) is 5.58 Å². The molecule has 25 heavy (non-hydrogen) atoms. The largest absolute Gasteiger partial charge is 0.454 e. The van der Waals surface area contributed by atoms with E-state index in [1.165, 1.54) is 5.57 Å². The van der Waals surface area contributed by atoms with Crippen LogP contribution < -0.4 is 5.32 Å². The minimum Gasteiger partial charge on any atom is -0.454 e. The van der Waals surface area contributed by atoms with Crippen LogP contribution in [0.15, 0.2) is 65.5 Å². The maximum Gasteiger partial charge on any atom is 0.153 e. The van der Waals surface area contributed by atoms with Crippen LogP contribution in [-0.4, -0.2) is 12.0 Å². The average Bonchev–Trinajstić information content (AvgIpc) is 2.96. The third kappa shape index (κ3) is 3.22. The van der Waals surface area contributed by atoms with E-state index in [2.05, 4.69) is 61.9 Å². The molecular formula is C22H24N2O. The molecule has 2 aromatic heterocycles. The normalized spacial score (nSPS) is 12.6. The number of fused-ring (bicyclic) bond motifs is 3. The predicted octanol–water partition coefficient (Wildman–Crippen LogP) is 5.62. The van der Waals surface area contributed by atoms with Crippen LogP contribution in [0.4, 0.5) is 0 Å². The molecule has 0 atom stereocenters. The summed E-state index contributed by atoms with van der Waals surface area (Å²) in [4.78, 5) is 4.16. The van der Waals surface area contributed by atoms with Gasteiger partial charge in [0.05, 0.1) is 6.20 Å². The number of hydrogen-bond donors (Lipinski definition) is 1. The molecule has 0 spiro atoms. The molecule has 3 rings (SSSR count). The van der Waals surface area contributed by atoms with Crippen LogP contribution in [0.1, 0.15) is 25.0 Å². The van der Waals surface area contributed by atoms with E-state index in [4.69, 9.17) is 4.42 Å². The third-order valence-electron chi connectivity index (χ3n) is 4.43. The molecule has 0 amide bonds. The average molecular weight is 332 g/mol. The highest BCUT2D eigenvalue weighted by molar-refractivity contribution is 6.08. The number of aromatic nitrogens is 1. The lowest BCUT2D eigenvalue weighted by molar-refractivity contribution is 0.665. The molecule has 1 N–H and O–H groups in total. The first-order valence-electron chi connectivity index (χ1n) is 8.53. The van der Waals surface area contributed by atoms with Crippen molar-refractivity contribution in [1.29, 1.82) is 0 Å². The van der Waals surface area contributed by atoms with Crippen LogP contribution in [0.25, 0.3) is 27.5 Å². The van der Waals surface area contributed by atoms with Crippen molar-refractivity contribution in [3.8, 4) is 0 Å². The van der Waals surface area contributed by atoms with Crippen molar-refractivity contribution in [3.63, 3.8) is 0 Å². The molecule has 0 aliphatic carbocycles. The lowest BCUT2D eigenvalue weighted by Crippen LogP contribution is -2.00. The lowest BCUT2D eigenvalue weighted by atomic mass is 9.96. The first-order chi connectivity index (χ1) is 12.0. The van der Waals surface area contributed by atoms with Crippen molar-refractivity contribution < 1.29 is 4.42 Å². The number of nitrogens with one attached hydrogen (secondary N) is 1. The van der Waals surface area contributed by atoms with E-state index in [1.807, 2.05) is 19.3 Å². The van der Waals surface area contributed by atoms with E-state index in [9.17, 15) is 0 Å². The molecule has 3 nitrogen and oxygen atoms in total. The summed E-state index contributed by atoms with van der Waals surface area (Å²) in [5, 5.41) is 5.29. The first kappa shape index (κ1) is 17.0. The van der Waals surface area contributed by atoms with Gasteiger partial charge in [-0.15, -0.1) is 0 Å². The summed E-state index contributed by atoms with van der Waals surface area (Å²) < 4.78 is 6.10. The number of pyridine rings is 1. The Morgan fingerprint density at radius 2 is 2.00 bits per heavy atom. The quantitative estimate of drug-likeness (QED) is 0.616. The summed E-state index contributed by atoms with van der Waals surface area (Å²) >= 11 is 0. The van der Waals surface area contributed by atoms with Crippen molar-refractivity contribution in [2.24, 2.45) is 5.92 Å². The zero-order valence-electron chi connectivity index (χ0n) is 15.3. The van der Waals surface area contributed by atoms with Gasteiger partial charge in [-0.1, -0.05) is 44.7 Å². The molecule has 0 bridgehead atoms. The van der Waals surface area contributed by atoms with E-state index >= 15 is 0 Å². The maximum absolute atomic E-state index is 6.10. The molecule has 3 aromatic rings. The number of allylic oxidation sites excluding steroid dienone is 4. The highest BCUT2D eigenvalue weighted by Crippen LogP contribution is 2.35. The fourth-order valence-electron chi connectivity index (χ4n) is 3.05. The first-order valence-corrected chi connectivity index (χ1v) is 8.53. The Balaban J connectivity index is 2.10. The standard InChI is InChI=1S/C22H24N2O/c1-14(2)17(12-23-5)8-6-15(3)21-16(4)7-9-19-18-10-11-24-13-20(18)25-22(19)21/h6-14,23H,3H2,1-2,4-5H3/b8-6-,17-12+. The maximum atomic E-state index is 6.10. The Morgan fingerprint density at radius 1 is 1.20 bits per heavy atom. The van der Waals surface area contributed by atoms with Gasteiger partial charge >= 0.3 is 0 Å². The molecule has 0 fully saturated rings. The number of hydrogen-bond acceptors (Lipinski definition) is 3. The van der Waals surface area contributed by atoms with E-state index < -0.39 is 0 Å². The van der Waals surface area contributed by atoms with Gasteiger partial charge in [-0.3, -0.25) is 4.98 Å². The lowest BCUT2D eigenvalue weighted by Gasteiger charge is -2.09. The van der Waals surface area contributed by atoms with Gasteiger partial charge in [-0.05, 0) is 41.8 Å². The molecule has 2 heterocycles. The summed E-state index contributed by atoms with van der Waals surface area (Å²) in [6, 6.07) is 6.22. The molecular weight excluding hydrogens is 308 g/mol. The van der Waals surface area contributed by atoms with Crippen molar-refractivity contribution in [2.45, 2.75) is 20.8 Å². The molecule has 0 aliphatic rings. The number of nitrogens with zero attached hydrogens (tertiary/aromatic N) is 1. The molecule has 128 valence electrons. The van der Waals surface area contributed by atoms with Crippen LogP contribution in [0, 0.1) is 12.8 Å². The van der Waals surface area contributed by atoms with Crippen LogP contribution >= 0.6 is 0 Å². The summed E-state index contributed by atoms with van der Waals surface area (Å²) in [6.45, 7) is 10.7. The second kappa shape index (κ2) is 6.98. The zero-order chi connectivity index (χ0) is 18.0. The van der Waals surface area contributed by atoms with Gasteiger partial charge in [0, 0.05) is 29.6 Å². The van der Waals surface area contributed by atoms with Gasteiger partial charge in [-0.2, -0.15) is 0 Å². The number of furan rings is 1. The summed E-state index contributed by atoms with van der Waals surface area (Å²) in [6.07, 6.45) is 9.76. The fraction of sp³-hybridized carbons (Fsp3) is 0.227. The van der Waals surface area contributed by atoms with Crippen molar-refractivity contribution in [3.05, 3.63) is 72.2 Å². The van der Waals surface area contributed by atoms with Gasteiger partial charge in [0.25, 0.3) is 0 Å². The predicted molar refractivity (Wildman–Crippen MR) is 106 cm³/mol. The van der Waals surface area contributed by atoms with Gasteiger partial charge < -0.3 is 9.73 Å². The smallest absolute Gasteiger partial charge is 0.153 e. The second-order valence-electron chi connectivity index (χ2n) is 6.55. The minimum absolute atomic E-state index is 0.436. The summed E-state index contributed by atoms with van der Waals surface area (Å²) in [5.74, 6) is 0.436. The Hall–Kier alpha value is -2.81. The van der Waals surface area contributed by atoms with E-state index in [0.717, 1.165) is 38.6 Å². The SMILES string of the molecule is C=C(/C=C\C(=C/NC)C(C)C)c1c(C)ccc2c1oc1cnccc12.